The molecule has 1 amide bonds. The molecule has 4 N–H and O–H groups in total. The number of carbonyl (C=O) groups is 1. The molecule has 0 atom stereocenters. The lowest BCUT2D eigenvalue weighted by atomic mass is 10.1. The Kier molecular flexibility index (Phi) is 6.14. The normalized spacial score (nSPS) is 16.0. The maximum absolute atomic E-state index is 14.2. The molecule has 1 aliphatic rings. The fraction of sp³-hybridized carbons (Fsp3) is 0.250. The number of methoxy groups -OCH3 is 1. The molecule has 1 aliphatic heterocycles. The molecule has 3 rings (SSSR count). The molecule has 11 heteroatoms. The second-order valence-electron chi connectivity index (χ2n) is 6.54. The molecule has 2 heterocycles. The second kappa shape index (κ2) is 8.78. The molecule has 0 bridgehead atoms. The Labute approximate surface area is 178 Å². The molecular formula is C20H23FN8O2. The van der Waals surface area contributed by atoms with Crippen LogP contribution in [0.5, 0.6) is 0 Å². The van der Waals surface area contributed by atoms with Crippen molar-refractivity contribution in [1.29, 1.82) is 0 Å². The fourth-order valence-electron chi connectivity index (χ4n) is 3.20. The van der Waals surface area contributed by atoms with Gasteiger partial charge in [0.15, 0.2) is 23.3 Å². The van der Waals surface area contributed by atoms with E-state index in [9.17, 15) is 9.18 Å². The summed E-state index contributed by atoms with van der Waals surface area (Å²) in [5.74, 6) is 0.301. The van der Waals surface area contributed by atoms with E-state index in [1.807, 2.05) is 6.92 Å². The number of nitrogens with zero attached hydrogens (tertiary/aromatic N) is 6. The SMILES string of the molecule is C/C=C1/C(c2nc(N)c(N(C)C(=O)OC)c(N)n2)=NN(Cc2ccccc2F)/C1=N/C. The number of allylic oxidation sites excluding steroid dienone is 1. The number of halogens is 1. The summed E-state index contributed by atoms with van der Waals surface area (Å²) in [4.78, 5) is 25.8. The molecule has 2 aromatic rings. The molecule has 0 saturated heterocycles. The Hall–Kier alpha value is -4.02. The number of anilines is 3. The second-order valence-corrected chi connectivity index (χ2v) is 6.54. The molecule has 1 aromatic carbocycles. The van der Waals surface area contributed by atoms with Crippen LogP contribution in [0.3, 0.4) is 0 Å². The van der Waals surface area contributed by atoms with E-state index in [0.29, 0.717) is 22.7 Å². The number of amidine groups is 1. The molecular weight excluding hydrogens is 403 g/mol. The summed E-state index contributed by atoms with van der Waals surface area (Å²) < 4.78 is 18.8. The van der Waals surface area contributed by atoms with Gasteiger partial charge >= 0.3 is 6.09 Å². The number of hydrogen-bond acceptors (Lipinski definition) is 8. The maximum Gasteiger partial charge on any atom is 0.413 e. The number of nitrogen functional groups attached to an aromatic ring is 2. The molecule has 0 spiro atoms. The van der Waals surface area contributed by atoms with Crippen molar-refractivity contribution in [2.45, 2.75) is 13.5 Å². The quantitative estimate of drug-likeness (QED) is 0.765. The zero-order chi connectivity index (χ0) is 22.7. The molecule has 0 saturated carbocycles. The third-order valence-electron chi connectivity index (χ3n) is 4.67. The Morgan fingerprint density at radius 1 is 1.29 bits per heavy atom. The van der Waals surface area contributed by atoms with Gasteiger partial charge in [-0.05, 0) is 13.0 Å². The number of hydrogen-bond donors (Lipinski definition) is 2. The maximum atomic E-state index is 14.2. The van der Waals surface area contributed by atoms with Gasteiger partial charge in [-0.15, -0.1) is 0 Å². The lowest BCUT2D eigenvalue weighted by Gasteiger charge is -2.18. The van der Waals surface area contributed by atoms with Crippen molar-refractivity contribution in [2.75, 3.05) is 37.6 Å². The van der Waals surface area contributed by atoms with Crippen molar-refractivity contribution in [3.05, 3.63) is 53.1 Å². The monoisotopic (exact) mass is 426 g/mol. The van der Waals surface area contributed by atoms with Gasteiger partial charge in [-0.25, -0.2) is 24.2 Å². The van der Waals surface area contributed by atoms with Crippen LogP contribution in [0.4, 0.5) is 26.5 Å². The number of carbonyl (C=O) groups excluding carboxylic acids is 1. The topological polar surface area (TPSA) is 135 Å². The minimum atomic E-state index is -0.668. The number of ether oxygens (including phenoxy) is 1. The first-order chi connectivity index (χ1) is 14.8. The number of amides is 1. The first kappa shape index (κ1) is 21.7. The summed E-state index contributed by atoms with van der Waals surface area (Å²) in [6, 6.07) is 6.43. The van der Waals surface area contributed by atoms with Gasteiger partial charge in [0.1, 0.15) is 17.2 Å². The van der Waals surface area contributed by atoms with Crippen LogP contribution >= 0.6 is 0 Å². The zero-order valence-electron chi connectivity index (χ0n) is 17.6. The number of benzene rings is 1. The van der Waals surface area contributed by atoms with Crippen molar-refractivity contribution in [3.63, 3.8) is 0 Å². The van der Waals surface area contributed by atoms with Crippen LogP contribution in [0.25, 0.3) is 0 Å². The van der Waals surface area contributed by atoms with Crippen molar-refractivity contribution in [3.8, 4) is 0 Å². The molecule has 10 nitrogen and oxygen atoms in total. The number of aromatic nitrogens is 2. The van der Waals surface area contributed by atoms with Gasteiger partial charge in [0.05, 0.1) is 13.7 Å². The summed E-state index contributed by atoms with van der Waals surface area (Å²) in [5.41, 5.74) is 13.7. The van der Waals surface area contributed by atoms with Crippen molar-refractivity contribution < 1.29 is 13.9 Å². The first-order valence-electron chi connectivity index (χ1n) is 9.30. The molecule has 31 heavy (non-hydrogen) atoms. The van der Waals surface area contributed by atoms with E-state index in [1.54, 1.807) is 36.3 Å². The van der Waals surface area contributed by atoms with Gasteiger partial charge in [-0.3, -0.25) is 9.89 Å². The van der Waals surface area contributed by atoms with Gasteiger partial charge in [0.25, 0.3) is 0 Å². The number of rotatable bonds is 4. The van der Waals surface area contributed by atoms with E-state index in [4.69, 9.17) is 11.5 Å². The van der Waals surface area contributed by atoms with Gasteiger partial charge in [-0.1, -0.05) is 24.3 Å². The minimum Gasteiger partial charge on any atom is -0.452 e. The van der Waals surface area contributed by atoms with Crippen molar-refractivity contribution in [2.24, 2.45) is 10.1 Å². The molecule has 0 unspecified atom stereocenters. The highest BCUT2D eigenvalue weighted by Gasteiger charge is 2.31. The Morgan fingerprint density at radius 3 is 2.48 bits per heavy atom. The standard InChI is InChI=1S/C20H23FN8O2/c1-5-12-14(18-25-16(22)15(17(23)26-18)28(3)20(30)31-4)27-29(19(12)24-2)10-11-8-6-7-9-13(11)21/h5-9H,10H2,1-4H3,(H4,22,23,25,26)/b12-5-,24-19+. The highest BCUT2D eigenvalue weighted by atomic mass is 19.1. The van der Waals surface area contributed by atoms with Crippen molar-refractivity contribution >= 4 is 35.0 Å². The molecule has 1 aromatic heterocycles. The minimum absolute atomic E-state index is 0.0175. The van der Waals surface area contributed by atoms with Crippen LogP contribution in [0, 0.1) is 5.82 Å². The third kappa shape index (κ3) is 4.02. The lowest BCUT2D eigenvalue weighted by molar-refractivity contribution is 0.180. The van der Waals surface area contributed by atoms with E-state index in [1.165, 1.54) is 20.2 Å². The van der Waals surface area contributed by atoms with Crippen LogP contribution in [-0.4, -0.2) is 53.8 Å². The van der Waals surface area contributed by atoms with E-state index >= 15 is 0 Å². The number of aliphatic imine (C=N–C) groups is 1. The number of nitrogens with two attached hydrogens (primary N) is 2. The average Bonchev–Trinajstić information content (AvgIpc) is 3.11. The Morgan fingerprint density at radius 2 is 1.94 bits per heavy atom. The summed E-state index contributed by atoms with van der Waals surface area (Å²) >= 11 is 0. The molecule has 0 aliphatic carbocycles. The van der Waals surface area contributed by atoms with Gasteiger partial charge in [-0.2, -0.15) is 5.10 Å². The molecule has 0 fully saturated rings. The van der Waals surface area contributed by atoms with Gasteiger partial charge in [0.2, 0.25) is 0 Å². The third-order valence-corrected chi connectivity index (χ3v) is 4.67. The van der Waals surface area contributed by atoms with E-state index in [-0.39, 0.29) is 35.5 Å². The molecule has 0 radical (unpaired) electrons. The van der Waals surface area contributed by atoms with Crippen LogP contribution in [0.2, 0.25) is 0 Å². The lowest BCUT2D eigenvalue weighted by Crippen LogP contribution is -2.29. The number of hydrazone groups is 1. The predicted octanol–water partition coefficient (Wildman–Crippen LogP) is 2.18. The largest absolute Gasteiger partial charge is 0.452 e. The van der Waals surface area contributed by atoms with Gasteiger partial charge < -0.3 is 16.2 Å². The smallest absolute Gasteiger partial charge is 0.413 e. The summed E-state index contributed by atoms with van der Waals surface area (Å²) in [5, 5.41) is 6.11. The first-order valence-corrected chi connectivity index (χ1v) is 9.30. The fourth-order valence-corrected chi connectivity index (χ4v) is 3.20. The summed E-state index contributed by atoms with van der Waals surface area (Å²) in [6.45, 7) is 1.98. The van der Waals surface area contributed by atoms with Gasteiger partial charge in [0, 0.05) is 25.2 Å². The average molecular weight is 426 g/mol. The van der Waals surface area contributed by atoms with Crippen LogP contribution in [-0.2, 0) is 11.3 Å². The summed E-state index contributed by atoms with van der Waals surface area (Å²) in [7, 11) is 4.30. The van der Waals surface area contributed by atoms with E-state index in [0.717, 1.165) is 4.90 Å². The van der Waals surface area contributed by atoms with E-state index in [2.05, 4.69) is 24.8 Å². The summed E-state index contributed by atoms with van der Waals surface area (Å²) in [6.07, 6.45) is 1.13. The Balaban J connectivity index is 2.04. The highest BCUT2D eigenvalue weighted by Crippen LogP contribution is 2.29. The van der Waals surface area contributed by atoms with Crippen LogP contribution < -0.4 is 16.4 Å². The predicted molar refractivity (Wildman–Crippen MR) is 117 cm³/mol. The Bertz CT molecular complexity index is 1090. The zero-order valence-corrected chi connectivity index (χ0v) is 17.6. The van der Waals surface area contributed by atoms with Crippen LogP contribution in [0.1, 0.15) is 18.3 Å². The molecule has 162 valence electrons. The highest BCUT2D eigenvalue weighted by molar-refractivity contribution is 6.31. The van der Waals surface area contributed by atoms with E-state index < -0.39 is 6.09 Å². The van der Waals surface area contributed by atoms with Crippen LogP contribution in [0.15, 0.2) is 46.0 Å². The van der Waals surface area contributed by atoms with Crippen molar-refractivity contribution in [1.82, 2.24) is 15.0 Å².